The molecule has 2 aromatic carbocycles. The van der Waals surface area contributed by atoms with Gasteiger partial charge in [0.2, 0.25) is 0 Å². The Morgan fingerprint density at radius 2 is 1.90 bits per heavy atom. The van der Waals surface area contributed by atoms with Crippen LogP contribution in [-0.4, -0.2) is 32.8 Å². The third-order valence-electron chi connectivity index (χ3n) is 4.78. The molecule has 0 saturated carbocycles. The maximum atomic E-state index is 12.8. The van der Waals surface area contributed by atoms with Crippen molar-refractivity contribution in [2.45, 2.75) is 25.9 Å². The first kappa shape index (κ1) is 19.6. The lowest BCUT2D eigenvalue weighted by atomic mass is 10.1. The summed E-state index contributed by atoms with van der Waals surface area (Å²) in [5, 5.41) is 9.91. The first-order chi connectivity index (χ1) is 14.1. The predicted octanol–water partition coefficient (Wildman–Crippen LogP) is 5.05. The van der Waals surface area contributed by atoms with Crippen molar-refractivity contribution in [1.29, 1.82) is 0 Å². The third-order valence-corrected chi connectivity index (χ3v) is 6.48. The van der Waals surface area contributed by atoms with Crippen LogP contribution in [0.4, 0.5) is 0 Å². The minimum Gasteiger partial charge on any atom is -0.335 e. The molecule has 29 heavy (non-hydrogen) atoms. The fourth-order valence-corrected chi connectivity index (χ4v) is 4.79. The number of benzene rings is 2. The molecule has 0 fully saturated rings. The Labute approximate surface area is 178 Å². The maximum absolute atomic E-state index is 12.8. The van der Waals surface area contributed by atoms with Crippen molar-refractivity contribution in [2.75, 3.05) is 7.05 Å². The molecule has 2 heterocycles. The predicted molar refractivity (Wildman–Crippen MR) is 117 cm³/mol. The molecule has 148 valence electrons. The Morgan fingerprint density at radius 1 is 1.14 bits per heavy atom. The van der Waals surface area contributed by atoms with Crippen LogP contribution in [-0.2, 0) is 19.5 Å². The van der Waals surface area contributed by atoms with Gasteiger partial charge in [0, 0.05) is 28.6 Å². The second kappa shape index (κ2) is 8.76. The van der Waals surface area contributed by atoms with Crippen LogP contribution in [0, 0.1) is 0 Å². The Balaban J connectivity index is 1.37. The van der Waals surface area contributed by atoms with Gasteiger partial charge in [-0.15, -0.1) is 16.4 Å². The van der Waals surface area contributed by atoms with E-state index in [2.05, 4.69) is 22.4 Å². The lowest BCUT2D eigenvalue weighted by molar-refractivity contribution is 0.0780. The van der Waals surface area contributed by atoms with Gasteiger partial charge in [0.1, 0.15) is 0 Å². The van der Waals surface area contributed by atoms with Gasteiger partial charge >= 0.3 is 0 Å². The molecule has 0 unspecified atom stereocenters. The van der Waals surface area contributed by atoms with E-state index in [0.29, 0.717) is 12.2 Å². The van der Waals surface area contributed by atoms with Crippen LogP contribution in [0.2, 0.25) is 5.02 Å². The van der Waals surface area contributed by atoms with Crippen molar-refractivity contribution in [3.05, 3.63) is 82.0 Å². The van der Waals surface area contributed by atoms with E-state index in [4.69, 9.17) is 11.6 Å². The molecule has 4 aromatic rings. The summed E-state index contributed by atoms with van der Waals surface area (Å²) < 4.78 is 2.86. The zero-order valence-corrected chi connectivity index (χ0v) is 17.7. The van der Waals surface area contributed by atoms with Gasteiger partial charge in [-0.05, 0) is 24.5 Å². The van der Waals surface area contributed by atoms with E-state index in [0.717, 1.165) is 39.4 Å². The number of thiophene rings is 1. The normalized spacial score (nSPS) is 11.1. The fraction of sp³-hybridized carbons (Fsp3) is 0.227. The number of aryl methyl sites for hydroxylation is 2. The van der Waals surface area contributed by atoms with Crippen molar-refractivity contribution < 1.29 is 4.79 Å². The molecule has 7 heteroatoms. The Bertz CT molecular complexity index is 1120. The van der Waals surface area contributed by atoms with Crippen molar-refractivity contribution >= 4 is 38.9 Å². The summed E-state index contributed by atoms with van der Waals surface area (Å²) >= 11 is 8.12. The highest BCUT2D eigenvalue weighted by Crippen LogP contribution is 2.35. The molecule has 4 rings (SSSR count). The monoisotopic (exact) mass is 424 g/mol. The van der Waals surface area contributed by atoms with Gasteiger partial charge in [-0.2, -0.15) is 0 Å². The van der Waals surface area contributed by atoms with E-state index < -0.39 is 0 Å². The minimum atomic E-state index is -0.159. The number of nitrogens with zero attached hydrogens (tertiary/aromatic N) is 4. The average molecular weight is 425 g/mol. The Morgan fingerprint density at radius 3 is 2.69 bits per heavy atom. The van der Waals surface area contributed by atoms with Gasteiger partial charge < -0.3 is 4.90 Å². The third kappa shape index (κ3) is 4.49. The first-order valence-corrected chi connectivity index (χ1v) is 10.7. The second-order valence-electron chi connectivity index (χ2n) is 6.95. The number of hydrogen-bond acceptors (Lipinski definition) is 4. The van der Waals surface area contributed by atoms with Crippen molar-refractivity contribution in [1.82, 2.24) is 19.9 Å². The zero-order valence-electron chi connectivity index (χ0n) is 16.1. The summed E-state index contributed by atoms with van der Waals surface area (Å²) in [7, 11) is 1.76. The van der Waals surface area contributed by atoms with Crippen molar-refractivity contribution in [3.63, 3.8) is 0 Å². The quantitative estimate of drug-likeness (QED) is 0.417. The second-order valence-corrected chi connectivity index (χ2v) is 8.47. The van der Waals surface area contributed by atoms with Crippen LogP contribution in [0.25, 0.3) is 10.1 Å². The van der Waals surface area contributed by atoms with Crippen molar-refractivity contribution in [3.8, 4) is 0 Å². The number of aromatic nitrogens is 3. The molecule has 0 aliphatic heterocycles. The minimum absolute atomic E-state index is 0.159. The van der Waals surface area contributed by atoms with Crippen LogP contribution in [0.5, 0.6) is 0 Å². The summed E-state index contributed by atoms with van der Waals surface area (Å²) in [4.78, 5) is 15.4. The molecule has 0 aliphatic carbocycles. The molecule has 0 atom stereocenters. The largest absolute Gasteiger partial charge is 0.335 e. The van der Waals surface area contributed by atoms with E-state index in [1.54, 1.807) is 34.2 Å². The van der Waals surface area contributed by atoms with Gasteiger partial charge in [-0.3, -0.25) is 9.48 Å². The molecular formula is C22H21ClN4OS. The van der Waals surface area contributed by atoms with Crippen LogP contribution in [0.15, 0.2) is 60.8 Å². The number of amides is 1. The summed E-state index contributed by atoms with van der Waals surface area (Å²) in [5.41, 5.74) is 1.65. The highest BCUT2D eigenvalue weighted by molar-refractivity contribution is 7.19. The number of hydrogen-bond donors (Lipinski definition) is 0. The summed E-state index contributed by atoms with van der Waals surface area (Å²) in [5.74, 6) is -0.159. The van der Waals surface area contributed by atoms with Crippen LogP contribution < -0.4 is 0 Å². The lowest BCUT2D eigenvalue weighted by Gasteiger charge is -2.14. The Kier molecular flexibility index (Phi) is 5.92. The first-order valence-electron chi connectivity index (χ1n) is 9.47. The van der Waals surface area contributed by atoms with Gasteiger partial charge in [0.05, 0.1) is 17.8 Å². The van der Waals surface area contributed by atoms with Crippen LogP contribution >= 0.6 is 22.9 Å². The van der Waals surface area contributed by atoms with Gasteiger partial charge in [-0.25, -0.2) is 0 Å². The van der Waals surface area contributed by atoms with E-state index in [-0.39, 0.29) is 5.91 Å². The zero-order chi connectivity index (χ0) is 20.2. The molecule has 0 radical (unpaired) electrons. The number of halogens is 1. The molecule has 0 saturated heterocycles. The maximum Gasteiger partial charge on any atom is 0.276 e. The van der Waals surface area contributed by atoms with E-state index >= 15 is 0 Å². The molecule has 0 aliphatic rings. The summed E-state index contributed by atoms with van der Waals surface area (Å²) in [6.45, 7) is 1.17. The van der Waals surface area contributed by atoms with Crippen LogP contribution in [0.1, 0.15) is 27.3 Å². The molecule has 5 nitrogen and oxygen atoms in total. The summed E-state index contributed by atoms with van der Waals surface area (Å²) in [6.07, 6.45) is 3.62. The van der Waals surface area contributed by atoms with E-state index in [1.807, 2.05) is 42.5 Å². The molecule has 0 spiro atoms. The number of carbonyl (C=O) groups is 1. The SMILES string of the molecule is CN(Cc1sc2ccccc2c1Cl)C(=O)c1cn(CCCc2ccccc2)nn1. The fourth-order valence-electron chi connectivity index (χ4n) is 3.24. The molecule has 0 bridgehead atoms. The number of carbonyl (C=O) groups excluding carboxylic acids is 1. The van der Waals surface area contributed by atoms with E-state index in [1.165, 1.54) is 5.56 Å². The highest BCUT2D eigenvalue weighted by atomic mass is 35.5. The van der Waals surface area contributed by atoms with Gasteiger partial charge in [0.15, 0.2) is 5.69 Å². The number of fused-ring (bicyclic) bond motifs is 1. The molecular weight excluding hydrogens is 404 g/mol. The van der Waals surface area contributed by atoms with Crippen molar-refractivity contribution in [2.24, 2.45) is 0 Å². The highest BCUT2D eigenvalue weighted by Gasteiger charge is 2.19. The standard InChI is InChI=1S/C22H21ClN4OS/c1-26(15-20-21(23)17-11-5-6-12-19(17)29-20)22(28)18-14-27(25-24-18)13-7-10-16-8-3-2-4-9-16/h2-6,8-9,11-12,14H,7,10,13,15H2,1H3. The molecule has 1 amide bonds. The Hall–Kier alpha value is -2.70. The lowest BCUT2D eigenvalue weighted by Crippen LogP contribution is -2.26. The topological polar surface area (TPSA) is 51.0 Å². The van der Waals surface area contributed by atoms with Gasteiger partial charge in [0.25, 0.3) is 5.91 Å². The van der Waals surface area contributed by atoms with Crippen LogP contribution in [0.3, 0.4) is 0 Å². The number of rotatable bonds is 7. The summed E-state index contributed by atoms with van der Waals surface area (Å²) in [6, 6.07) is 18.3. The molecule has 0 N–H and O–H groups in total. The van der Waals surface area contributed by atoms with Gasteiger partial charge in [-0.1, -0.05) is 65.3 Å². The van der Waals surface area contributed by atoms with E-state index in [9.17, 15) is 4.79 Å². The molecule has 2 aromatic heterocycles. The average Bonchev–Trinajstić information content (AvgIpc) is 3.33. The smallest absolute Gasteiger partial charge is 0.276 e.